The lowest BCUT2D eigenvalue weighted by Gasteiger charge is -2.44. The Morgan fingerprint density at radius 3 is 2.53 bits per heavy atom. The smallest absolute Gasteiger partial charge is 0.228 e. The number of halogens is 2. The molecule has 204 valence electrons. The summed E-state index contributed by atoms with van der Waals surface area (Å²) in [4.78, 5) is 46.0. The van der Waals surface area contributed by atoms with Crippen molar-refractivity contribution in [3.05, 3.63) is 39.2 Å². The third kappa shape index (κ3) is 5.02. The molecule has 2 unspecified atom stereocenters. The highest BCUT2D eigenvalue weighted by Gasteiger charge is 2.71. The second-order valence-corrected chi connectivity index (χ2v) is 13.6. The molecule has 0 spiro atoms. The number of ether oxygens (including phenoxy) is 1. The Morgan fingerprint density at radius 1 is 1.16 bits per heavy atom. The first-order valence-corrected chi connectivity index (χ1v) is 14.7. The third-order valence-corrected chi connectivity index (χ3v) is 11.2. The van der Waals surface area contributed by atoms with E-state index in [2.05, 4.69) is 5.32 Å². The molecule has 1 aromatic heterocycles. The van der Waals surface area contributed by atoms with E-state index in [4.69, 9.17) is 33.7 Å². The van der Waals surface area contributed by atoms with E-state index in [1.165, 1.54) is 13.2 Å². The second kappa shape index (κ2) is 10.8. The van der Waals surface area contributed by atoms with Crippen molar-refractivity contribution in [2.75, 3.05) is 25.9 Å². The van der Waals surface area contributed by atoms with E-state index >= 15 is 0 Å². The van der Waals surface area contributed by atoms with E-state index < -0.39 is 26.4 Å². The van der Waals surface area contributed by atoms with Crippen molar-refractivity contribution in [3.63, 3.8) is 0 Å². The van der Waals surface area contributed by atoms with Crippen molar-refractivity contribution < 1.29 is 32.3 Å². The van der Waals surface area contributed by atoms with Gasteiger partial charge in [-0.25, -0.2) is 8.42 Å². The number of fused-ring (bicyclic) bond motifs is 1. The fourth-order valence-electron chi connectivity index (χ4n) is 4.77. The van der Waals surface area contributed by atoms with Gasteiger partial charge in [-0.2, -0.15) is 0 Å². The minimum Gasteiger partial charge on any atom is -0.496 e. The summed E-state index contributed by atoms with van der Waals surface area (Å²) in [6.07, 6.45) is 1.13. The molecule has 5 rings (SSSR count). The van der Waals surface area contributed by atoms with Gasteiger partial charge in [0.25, 0.3) is 0 Å². The SMILES string of the molecule is COc1ccc(Cl)cc1CC1CN2C(=O)CC2(S(=O)(=O)c2cc(N)c(Cl)s2)C1=O.O=C1CCNC(=O)CC1. The van der Waals surface area contributed by atoms with Crippen molar-refractivity contribution in [3.8, 4) is 5.75 Å². The lowest BCUT2D eigenvalue weighted by Crippen LogP contribution is -2.67. The molecule has 4 heterocycles. The number of ketones is 2. The average Bonchev–Trinajstić information content (AvgIpc) is 3.23. The van der Waals surface area contributed by atoms with Crippen molar-refractivity contribution in [1.29, 1.82) is 0 Å². The molecule has 1 aromatic carbocycles. The number of anilines is 1. The number of carbonyl (C=O) groups excluding carboxylic acids is 4. The Bertz CT molecular complexity index is 1390. The molecule has 0 bridgehead atoms. The number of thiophene rings is 1. The quantitative estimate of drug-likeness (QED) is 0.496. The summed E-state index contributed by atoms with van der Waals surface area (Å²) in [6, 6.07) is 6.25. The van der Waals surface area contributed by atoms with Crippen LogP contribution < -0.4 is 15.8 Å². The number of Topliss-reactive ketones (excluding diaryl/α,β-unsaturated/α-hetero) is 2. The summed E-state index contributed by atoms with van der Waals surface area (Å²) in [5.74, 6) is -0.858. The van der Waals surface area contributed by atoms with Crippen LogP contribution in [0, 0.1) is 5.92 Å². The van der Waals surface area contributed by atoms with Gasteiger partial charge < -0.3 is 20.7 Å². The van der Waals surface area contributed by atoms with E-state index in [0.717, 1.165) is 16.2 Å². The maximum atomic E-state index is 13.4. The number of carbonyl (C=O) groups is 4. The molecule has 3 fully saturated rings. The average molecular weight is 603 g/mol. The van der Waals surface area contributed by atoms with Crippen LogP contribution in [0.4, 0.5) is 5.69 Å². The van der Waals surface area contributed by atoms with Gasteiger partial charge in [-0.15, -0.1) is 11.3 Å². The topological polar surface area (TPSA) is 153 Å². The van der Waals surface area contributed by atoms with Crippen molar-refractivity contribution >= 4 is 73.4 Å². The predicted octanol–water partition coefficient (Wildman–Crippen LogP) is 2.65. The number of nitrogens with zero attached hydrogens (tertiary/aromatic N) is 1. The van der Waals surface area contributed by atoms with E-state index in [-0.39, 0.29) is 51.2 Å². The number of hydrogen-bond donors (Lipinski definition) is 2. The van der Waals surface area contributed by atoms with Gasteiger partial charge in [-0.1, -0.05) is 23.2 Å². The zero-order valence-corrected chi connectivity index (χ0v) is 23.4. The summed E-state index contributed by atoms with van der Waals surface area (Å²) in [6.45, 7) is 0.540. The van der Waals surface area contributed by atoms with Crippen LogP contribution in [0.15, 0.2) is 28.5 Å². The fourth-order valence-corrected chi connectivity index (χ4v) is 8.87. The number of sulfone groups is 1. The van der Waals surface area contributed by atoms with Crippen LogP contribution in [-0.2, 0) is 35.4 Å². The van der Waals surface area contributed by atoms with E-state index in [9.17, 15) is 27.6 Å². The molecular weight excluding hydrogens is 577 g/mol. The minimum absolute atomic E-state index is 0.000787. The van der Waals surface area contributed by atoms with Gasteiger partial charge in [0, 0.05) is 43.3 Å². The van der Waals surface area contributed by atoms with Gasteiger partial charge in [0.1, 0.15) is 20.1 Å². The zero-order valence-electron chi connectivity index (χ0n) is 20.3. The molecule has 10 nitrogen and oxygen atoms in total. The predicted molar refractivity (Wildman–Crippen MR) is 142 cm³/mol. The van der Waals surface area contributed by atoms with Crippen molar-refractivity contribution in [1.82, 2.24) is 10.2 Å². The lowest BCUT2D eigenvalue weighted by molar-refractivity contribution is -0.150. The number of β-lactam (4-membered cyclic amide) rings is 1. The molecule has 14 heteroatoms. The number of hydrogen-bond acceptors (Lipinski definition) is 9. The Hall–Kier alpha value is -2.67. The molecular formula is C24H25Cl2N3O7S2. The molecule has 2 atom stereocenters. The van der Waals surface area contributed by atoms with E-state index in [1.807, 2.05) is 0 Å². The summed E-state index contributed by atoms with van der Waals surface area (Å²) in [5.41, 5.74) is 6.48. The van der Waals surface area contributed by atoms with Crippen LogP contribution in [0.25, 0.3) is 0 Å². The van der Waals surface area contributed by atoms with E-state index in [0.29, 0.717) is 42.1 Å². The number of nitrogens with one attached hydrogen (secondary N) is 1. The van der Waals surface area contributed by atoms with Gasteiger partial charge in [0.15, 0.2) is 5.78 Å². The fraction of sp³-hybridized carbons (Fsp3) is 0.417. The van der Waals surface area contributed by atoms with Crippen LogP contribution in [0.3, 0.4) is 0 Å². The van der Waals surface area contributed by atoms with Gasteiger partial charge in [-0.3, -0.25) is 19.2 Å². The molecule has 0 saturated carbocycles. The third-order valence-electron chi connectivity index (χ3n) is 6.75. The normalized spacial score (nSPS) is 23.1. The molecule has 3 aliphatic heterocycles. The standard InChI is InChI=1S/C18H16Cl2N2O5S2.C6H9NO2/c1-27-13-3-2-11(19)5-9(13)4-10-8-22-14(23)7-18(22,16(10)24)29(25,26)15-6-12(21)17(20)28-15;8-5-1-2-6(9)7-4-3-5/h2-3,5-6,10H,4,7-8,21H2,1H3;1-4H2,(H,7,9). The highest BCUT2D eigenvalue weighted by molar-refractivity contribution is 7.95. The summed E-state index contributed by atoms with van der Waals surface area (Å²) in [5, 5.41) is 3.08. The molecule has 2 aromatic rings. The van der Waals surface area contributed by atoms with Gasteiger partial charge in [0.2, 0.25) is 26.5 Å². The van der Waals surface area contributed by atoms with Gasteiger partial charge in [-0.05, 0) is 36.2 Å². The van der Waals surface area contributed by atoms with Crippen LogP contribution in [0.2, 0.25) is 9.36 Å². The lowest BCUT2D eigenvalue weighted by atomic mass is 9.92. The molecule has 3 saturated heterocycles. The molecule has 38 heavy (non-hydrogen) atoms. The maximum absolute atomic E-state index is 13.4. The Kier molecular flexibility index (Phi) is 8.08. The molecule has 3 aliphatic rings. The summed E-state index contributed by atoms with van der Waals surface area (Å²) < 4.78 is 32.0. The highest BCUT2D eigenvalue weighted by atomic mass is 35.5. The second-order valence-electron chi connectivity index (χ2n) is 9.12. The number of benzene rings is 1. The Morgan fingerprint density at radius 2 is 1.89 bits per heavy atom. The van der Waals surface area contributed by atoms with Crippen molar-refractivity contribution in [2.45, 2.75) is 41.2 Å². The highest BCUT2D eigenvalue weighted by Crippen LogP contribution is 2.50. The largest absolute Gasteiger partial charge is 0.496 e. The molecule has 2 amide bonds. The number of amides is 2. The number of nitrogen functional groups attached to an aromatic ring is 1. The first-order chi connectivity index (χ1) is 17.9. The Balaban J connectivity index is 0.000000317. The summed E-state index contributed by atoms with van der Waals surface area (Å²) in [7, 11) is -2.68. The van der Waals surface area contributed by atoms with Crippen LogP contribution in [-0.4, -0.2) is 61.8 Å². The minimum atomic E-state index is -4.18. The molecule has 0 radical (unpaired) electrons. The van der Waals surface area contributed by atoms with Crippen LogP contribution in [0.5, 0.6) is 5.75 Å². The maximum Gasteiger partial charge on any atom is 0.228 e. The van der Waals surface area contributed by atoms with Crippen LogP contribution in [0.1, 0.15) is 31.2 Å². The van der Waals surface area contributed by atoms with Gasteiger partial charge >= 0.3 is 0 Å². The van der Waals surface area contributed by atoms with Crippen LogP contribution >= 0.6 is 34.5 Å². The van der Waals surface area contributed by atoms with E-state index in [1.54, 1.807) is 18.2 Å². The van der Waals surface area contributed by atoms with Gasteiger partial charge in [0.05, 0.1) is 19.2 Å². The first kappa shape index (κ1) is 28.3. The molecule has 0 aliphatic carbocycles. The van der Waals surface area contributed by atoms with Crippen molar-refractivity contribution in [2.24, 2.45) is 5.92 Å². The Labute approximate surface area is 233 Å². The zero-order chi connectivity index (χ0) is 27.8. The monoisotopic (exact) mass is 601 g/mol. The summed E-state index contributed by atoms with van der Waals surface area (Å²) >= 11 is 12.8. The number of rotatable bonds is 5. The number of nitrogens with two attached hydrogens (primary N) is 1. The number of methoxy groups -OCH3 is 1. The first-order valence-electron chi connectivity index (χ1n) is 11.7. The molecule has 3 N–H and O–H groups in total.